The number of nitrogens with zero attached hydrogens (tertiary/aromatic N) is 2. The van der Waals surface area contributed by atoms with E-state index < -0.39 is 0 Å². The van der Waals surface area contributed by atoms with Gasteiger partial charge >= 0.3 is 17.9 Å². The number of carbonyl (C=O) groups excluding carboxylic acids is 3. The maximum absolute atomic E-state index is 11.2. The predicted molar refractivity (Wildman–Crippen MR) is 256 cm³/mol. The highest BCUT2D eigenvalue weighted by atomic mass is 16.5. The minimum absolute atomic E-state index is 0.342. The third-order valence-corrected chi connectivity index (χ3v) is 11.1. The first-order valence-electron chi connectivity index (χ1n) is 24.8. The molecule has 0 aliphatic rings. The number of hydrogen-bond acceptors (Lipinski definition) is 9. The van der Waals surface area contributed by atoms with Crippen LogP contribution in [0.25, 0.3) is 0 Å². The van der Waals surface area contributed by atoms with Gasteiger partial charge in [-0.3, -0.25) is 0 Å². The topological polar surface area (TPSA) is 115 Å². The van der Waals surface area contributed by atoms with Gasteiger partial charge in [-0.2, -0.15) is 0 Å². The molecular formula is C53H85N2O9+. The molecule has 0 aliphatic heterocycles. The molecular weight excluding hydrogens is 809 g/mol. The summed E-state index contributed by atoms with van der Waals surface area (Å²) < 4.78 is 39.1. The second-order valence-corrected chi connectivity index (χ2v) is 16.9. The first-order chi connectivity index (χ1) is 31.4. The zero-order valence-corrected chi connectivity index (χ0v) is 39.9. The number of ether oxygens (including phenoxy) is 6. The molecule has 0 amide bonds. The second-order valence-electron chi connectivity index (χ2n) is 16.9. The number of unbranched alkanes of at least 4 members (excludes halogenated alkanes) is 24. The van der Waals surface area contributed by atoms with Crippen LogP contribution >= 0.6 is 0 Å². The number of esters is 3. The highest BCUT2D eigenvalue weighted by molar-refractivity contribution is 5.81. The van der Waals surface area contributed by atoms with Gasteiger partial charge in [0.15, 0.2) is 11.5 Å². The molecule has 2 rings (SSSR count). The summed E-state index contributed by atoms with van der Waals surface area (Å²) in [7, 11) is 2.03. The van der Waals surface area contributed by atoms with Crippen molar-refractivity contribution in [2.45, 2.75) is 180 Å². The van der Waals surface area contributed by atoms with Gasteiger partial charge in [0, 0.05) is 23.8 Å². The second kappa shape index (κ2) is 38.9. The Morgan fingerprint density at radius 1 is 0.469 bits per heavy atom. The summed E-state index contributed by atoms with van der Waals surface area (Å²) in [4.78, 5) is 33.5. The van der Waals surface area contributed by atoms with Crippen LogP contribution in [0.3, 0.4) is 0 Å². The van der Waals surface area contributed by atoms with E-state index in [9.17, 15) is 14.4 Å². The summed E-state index contributed by atoms with van der Waals surface area (Å²) in [6.45, 7) is 14.3. The predicted octanol–water partition coefficient (Wildman–Crippen LogP) is 12.2. The van der Waals surface area contributed by atoms with Crippen molar-refractivity contribution in [3.8, 4) is 17.2 Å². The van der Waals surface area contributed by atoms with E-state index in [-0.39, 0.29) is 17.9 Å². The van der Waals surface area contributed by atoms with Crippen LogP contribution in [0.2, 0.25) is 0 Å². The van der Waals surface area contributed by atoms with Crippen LogP contribution in [0.15, 0.2) is 68.8 Å². The number of aromatic nitrogens is 2. The molecule has 11 nitrogen and oxygen atoms in total. The smallest absolute Gasteiger partial charge is 0.330 e. The lowest BCUT2D eigenvalue weighted by atomic mass is 10.1. The van der Waals surface area contributed by atoms with Crippen LogP contribution in [0, 0.1) is 0 Å². The molecule has 0 radical (unpaired) electrons. The normalized spacial score (nSPS) is 10.9. The molecule has 0 bridgehead atoms. The SMILES string of the molecule is C=CC(=O)OCCCCCCCCCCCOc1cc(Cn2cc[n+](C)c2)cc(OCCCCCCCCCCCOC(=O)C=C)c1OCCCCCCCCCCCOC(=O)C=C. The van der Waals surface area contributed by atoms with Gasteiger partial charge in [-0.15, -0.1) is 0 Å². The Morgan fingerprint density at radius 3 is 1.06 bits per heavy atom. The maximum Gasteiger partial charge on any atom is 0.330 e. The summed E-state index contributed by atoms with van der Waals surface area (Å²) in [6, 6.07) is 4.27. The molecule has 2 aromatic rings. The number of rotatable bonds is 44. The van der Waals surface area contributed by atoms with Crippen molar-refractivity contribution in [1.29, 1.82) is 0 Å². The molecule has 0 saturated carbocycles. The minimum atomic E-state index is -0.343. The van der Waals surface area contributed by atoms with Gasteiger partial charge in [-0.25, -0.2) is 23.5 Å². The van der Waals surface area contributed by atoms with Crippen molar-refractivity contribution in [3.05, 3.63) is 74.4 Å². The summed E-state index contributed by atoms with van der Waals surface area (Å²) in [6.07, 6.45) is 40.1. The number of imidazole rings is 1. The van der Waals surface area contributed by atoms with E-state index in [1.165, 1.54) is 108 Å². The molecule has 1 aromatic carbocycles. The molecule has 360 valence electrons. The lowest BCUT2D eigenvalue weighted by Gasteiger charge is -2.19. The van der Waals surface area contributed by atoms with Gasteiger partial charge in [0.05, 0.1) is 46.7 Å². The van der Waals surface area contributed by atoms with E-state index in [0.29, 0.717) is 46.2 Å². The average molecular weight is 894 g/mol. The molecule has 0 N–H and O–H groups in total. The van der Waals surface area contributed by atoms with Gasteiger partial charge in [0.25, 0.3) is 0 Å². The Kier molecular flexibility index (Phi) is 33.8. The Balaban J connectivity index is 1.89. The first kappa shape index (κ1) is 55.6. The molecule has 0 spiro atoms. The van der Waals surface area contributed by atoms with E-state index in [1.807, 2.05) is 17.8 Å². The highest BCUT2D eigenvalue weighted by Crippen LogP contribution is 2.40. The van der Waals surface area contributed by atoms with Crippen LogP contribution < -0.4 is 18.8 Å². The van der Waals surface area contributed by atoms with Crippen molar-refractivity contribution in [2.75, 3.05) is 39.6 Å². The van der Waals surface area contributed by atoms with Gasteiger partial charge in [0.2, 0.25) is 12.1 Å². The van der Waals surface area contributed by atoms with Crippen molar-refractivity contribution < 1.29 is 47.4 Å². The highest BCUT2D eigenvalue weighted by Gasteiger charge is 2.18. The Bertz CT molecular complexity index is 1490. The number of aryl methyl sites for hydroxylation is 1. The van der Waals surface area contributed by atoms with Crippen LogP contribution in [0.1, 0.15) is 179 Å². The van der Waals surface area contributed by atoms with Crippen molar-refractivity contribution in [1.82, 2.24) is 4.57 Å². The zero-order valence-electron chi connectivity index (χ0n) is 39.9. The fraction of sp³-hybridized carbons (Fsp3) is 0.660. The van der Waals surface area contributed by atoms with E-state index in [4.69, 9.17) is 28.4 Å². The number of benzene rings is 1. The molecule has 0 unspecified atom stereocenters. The molecule has 11 heteroatoms. The summed E-state index contributed by atoms with van der Waals surface area (Å²) >= 11 is 0. The Hall–Kier alpha value is -4.54. The number of hydrogen-bond donors (Lipinski definition) is 0. The number of carbonyl (C=O) groups is 3. The summed E-state index contributed by atoms with van der Waals surface area (Å²) in [5.74, 6) is 1.22. The third kappa shape index (κ3) is 29.8. The van der Waals surface area contributed by atoms with Crippen LogP contribution in [0.5, 0.6) is 17.2 Å². The van der Waals surface area contributed by atoms with Crippen molar-refractivity contribution in [3.63, 3.8) is 0 Å². The minimum Gasteiger partial charge on any atom is -0.490 e. The monoisotopic (exact) mass is 894 g/mol. The van der Waals surface area contributed by atoms with Crippen LogP contribution in [-0.2, 0) is 42.2 Å². The average Bonchev–Trinajstić information content (AvgIpc) is 3.71. The first-order valence-corrected chi connectivity index (χ1v) is 24.8. The molecule has 64 heavy (non-hydrogen) atoms. The maximum atomic E-state index is 11.2. The third-order valence-electron chi connectivity index (χ3n) is 11.1. The quantitative estimate of drug-likeness (QED) is 0.0211. The van der Waals surface area contributed by atoms with E-state index in [1.54, 1.807) is 0 Å². The molecule has 1 aromatic heterocycles. The molecule has 0 aliphatic carbocycles. The lowest BCUT2D eigenvalue weighted by Crippen LogP contribution is -2.23. The molecule has 0 fully saturated rings. The van der Waals surface area contributed by atoms with Gasteiger partial charge in [0.1, 0.15) is 18.9 Å². The molecule has 1 heterocycles. The fourth-order valence-electron chi connectivity index (χ4n) is 7.44. The summed E-state index contributed by atoms with van der Waals surface area (Å²) in [5.41, 5.74) is 1.11. The zero-order chi connectivity index (χ0) is 46.1. The lowest BCUT2D eigenvalue weighted by molar-refractivity contribution is -0.671. The van der Waals surface area contributed by atoms with Crippen LogP contribution in [-0.4, -0.2) is 62.1 Å². The van der Waals surface area contributed by atoms with Gasteiger partial charge in [-0.05, 0) is 50.7 Å². The van der Waals surface area contributed by atoms with Crippen molar-refractivity contribution in [2.24, 2.45) is 7.05 Å². The van der Waals surface area contributed by atoms with E-state index in [0.717, 1.165) is 106 Å². The molecule has 0 saturated heterocycles. The largest absolute Gasteiger partial charge is 0.490 e. The fourth-order valence-corrected chi connectivity index (χ4v) is 7.44. The van der Waals surface area contributed by atoms with Crippen LogP contribution in [0.4, 0.5) is 0 Å². The molecule has 0 atom stereocenters. The van der Waals surface area contributed by atoms with E-state index >= 15 is 0 Å². The standard InChI is InChI=1S/C53H85N2O9/c1-5-50(56)61-39-31-25-19-13-8-11-17-23-29-37-59-48-43-47(45-55-36-35-54(4)46-55)44-49(60-38-30-24-18-12-9-14-20-26-32-40-62-51(57)6-2)53(48)64-42-34-28-22-16-10-15-21-27-33-41-63-52(58)7-3/h5-7,35-36,43-44,46H,1-3,8-34,37-42,45H2,4H3/q+1. The van der Waals surface area contributed by atoms with E-state index in [2.05, 4.69) is 49.0 Å². The van der Waals surface area contributed by atoms with Gasteiger partial charge < -0.3 is 28.4 Å². The Morgan fingerprint density at radius 2 is 0.766 bits per heavy atom. The summed E-state index contributed by atoms with van der Waals surface area (Å²) in [5, 5.41) is 0. The van der Waals surface area contributed by atoms with Gasteiger partial charge in [-0.1, -0.05) is 155 Å². The Labute approximate surface area is 386 Å². The van der Waals surface area contributed by atoms with Crippen molar-refractivity contribution >= 4 is 17.9 Å².